The third-order valence-corrected chi connectivity index (χ3v) is 3.97. The maximum atomic E-state index is 12.1. The number of amides is 1. The fourth-order valence-electron chi connectivity index (χ4n) is 2.63. The molecule has 112 valence electrons. The Balaban J connectivity index is 1.66. The number of aromatic nitrogens is 3. The molecule has 1 aromatic rings. The molecule has 0 unspecified atom stereocenters. The van der Waals surface area contributed by atoms with E-state index in [-0.39, 0.29) is 5.91 Å². The van der Waals surface area contributed by atoms with Crippen molar-refractivity contribution in [3.63, 3.8) is 0 Å². The highest BCUT2D eigenvalue weighted by Gasteiger charge is 2.22. The predicted octanol–water partition coefficient (Wildman–Crippen LogP) is 0.858. The van der Waals surface area contributed by atoms with Gasteiger partial charge in [0.05, 0.1) is 6.54 Å². The molecule has 2 heterocycles. The van der Waals surface area contributed by atoms with Crippen LogP contribution in [0.5, 0.6) is 0 Å². The molecule has 1 saturated heterocycles. The number of hydrogen-bond donors (Lipinski definition) is 0. The number of hydrogen-bond acceptors (Lipinski definition) is 4. The van der Waals surface area contributed by atoms with Gasteiger partial charge in [-0.25, -0.2) is 4.98 Å². The SMILES string of the molecule is CN(C)CCC1CCN(C(=O)CCn2cncn2)CC1. The number of aryl methyl sites for hydroxylation is 1. The molecule has 2 rings (SSSR count). The molecule has 1 aliphatic heterocycles. The summed E-state index contributed by atoms with van der Waals surface area (Å²) in [6.45, 7) is 3.59. The molecular formula is C14H25N5O. The van der Waals surface area contributed by atoms with Crippen molar-refractivity contribution < 1.29 is 4.79 Å². The Labute approximate surface area is 120 Å². The summed E-state index contributed by atoms with van der Waals surface area (Å²) < 4.78 is 1.71. The smallest absolute Gasteiger partial charge is 0.224 e. The topological polar surface area (TPSA) is 54.3 Å². The van der Waals surface area contributed by atoms with E-state index in [1.165, 1.54) is 12.7 Å². The number of nitrogens with zero attached hydrogens (tertiary/aromatic N) is 5. The first kappa shape index (κ1) is 15.0. The van der Waals surface area contributed by atoms with Crippen LogP contribution in [0.3, 0.4) is 0 Å². The summed E-state index contributed by atoms with van der Waals surface area (Å²) in [6.07, 6.45) is 7.20. The van der Waals surface area contributed by atoms with E-state index in [1.807, 2.05) is 4.90 Å². The Kier molecular flexibility index (Phi) is 5.52. The van der Waals surface area contributed by atoms with Gasteiger partial charge in [0.1, 0.15) is 12.7 Å². The van der Waals surface area contributed by atoms with Crippen LogP contribution >= 0.6 is 0 Å². The second-order valence-corrected chi connectivity index (χ2v) is 5.82. The second-order valence-electron chi connectivity index (χ2n) is 5.82. The predicted molar refractivity (Wildman–Crippen MR) is 77.1 cm³/mol. The largest absolute Gasteiger partial charge is 0.343 e. The molecule has 1 fully saturated rings. The average molecular weight is 279 g/mol. The van der Waals surface area contributed by atoms with Gasteiger partial charge in [0.25, 0.3) is 0 Å². The van der Waals surface area contributed by atoms with Crippen molar-refractivity contribution in [2.45, 2.75) is 32.2 Å². The normalized spacial score (nSPS) is 16.9. The van der Waals surface area contributed by atoms with E-state index < -0.39 is 0 Å². The van der Waals surface area contributed by atoms with Crippen molar-refractivity contribution >= 4 is 5.91 Å². The van der Waals surface area contributed by atoms with Gasteiger partial charge in [0.15, 0.2) is 0 Å². The van der Waals surface area contributed by atoms with Gasteiger partial charge in [-0.3, -0.25) is 9.48 Å². The number of likely N-dealkylation sites (tertiary alicyclic amines) is 1. The molecule has 0 spiro atoms. The van der Waals surface area contributed by atoms with E-state index >= 15 is 0 Å². The van der Waals surface area contributed by atoms with E-state index in [4.69, 9.17) is 0 Å². The molecule has 1 aliphatic rings. The molecule has 0 N–H and O–H groups in total. The standard InChI is InChI=1S/C14H25N5O/c1-17(2)7-3-13-4-8-18(9-5-13)14(20)6-10-19-12-15-11-16-19/h11-13H,3-10H2,1-2H3. The molecule has 0 saturated carbocycles. The van der Waals surface area contributed by atoms with Crippen LogP contribution in [0.15, 0.2) is 12.7 Å². The molecule has 0 radical (unpaired) electrons. The lowest BCUT2D eigenvalue weighted by atomic mass is 9.93. The average Bonchev–Trinajstić information content (AvgIpc) is 2.96. The Morgan fingerprint density at radius 2 is 2.10 bits per heavy atom. The zero-order valence-electron chi connectivity index (χ0n) is 12.5. The van der Waals surface area contributed by atoms with Crippen LogP contribution in [0.4, 0.5) is 0 Å². The van der Waals surface area contributed by atoms with Crippen molar-refractivity contribution in [1.82, 2.24) is 24.6 Å². The summed E-state index contributed by atoms with van der Waals surface area (Å²) in [5.74, 6) is 1.02. The second kappa shape index (κ2) is 7.38. The van der Waals surface area contributed by atoms with Crippen molar-refractivity contribution in [2.75, 3.05) is 33.7 Å². The van der Waals surface area contributed by atoms with Gasteiger partial charge >= 0.3 is 0 Å². The fourth-order valence-corrected chi connectivity index (χ4v) is 2.63. The summed E-state index contributed by atoms with van der Waals surface area (Å²) in [6, 6.07) is 0. The van der Waals surface area contributed by atoms with E-state index in [0.717, 1.165) is 38.4 Å². The van der Waals surface area contributed by atoms with Crippen LogP contribution in [-0.4, -0.2) is 64.2 Å². The van der Waals surface area contributed by atoms with Crippen LogP contribution < -0.4 is 0 Å². The summed E-state index contributed by atoms with van der Waals surface area (Å²) in [5.41, 5.74) is 0. The maximum absolute atomic E-state index is 12.1. The van der Waals surface area contributed by atoms with Gasteiger partial charge < -0.3 is 9.80 Å². The van der Waals surface area contributed by atoms with Crippen LogP contribution in [0.2, 0.25) is 0 Å². The minimum Gasteiger partial charge on any atom is -0.343 e. The van der Waals surface area contributed by atoms with Gasteiger partial charge in [-0.05, 0) is 45.8 Å². The Bertz CT molecular complexity index is 396. The molecule has 1 amide bonds. The molecule has 0 aromatic carbocycles. The van der Waals surface area contributed by atoms with Gasteiger partial charge in [-0.2, -0.15) is 5.10 Å². The third kappa shape index (κ3) is 4.59. The Hall–Kier alpha value is -1.43. The fraction of sp³-hybridized carbons (Fsp3) is 0.786. The van der Waals surface area contributed by atoms with Gasteiger partial charge in [-0.15, -0.1) is 0 Å². The lowest BCUT2D eigenvalue weighted by Crippen LogP contribution is -2.39. The Morgan fingerprint density at radius 3 is 2.70 bits per heavy atom. The van der Waals surface area contributed by atoms with Gasteiger partial charge in [-0.1, -0.05) is 0 Å². The number of carbonyl (C=O) groups excluding carboxylic acids is 1. The van der Waals surface area contributed by atoms with Crippen molar-refractivity contribution in [1.29, 1.82) is 0 Å². The number of carbonyl (C=O) groups is 1. The van der Waals surface area contributed by atoms with E-state index in [0.29, 0.717) is 13.0 Å². The highest BCUT2D eigenvalue weighted by Crippen LogP contribution is 2.21. The maximum Gasteiger partial charge on any atom is 0.224 e. The lowest BCUT2D eigenvalue weighted by Gasteiger charge is -2.32. The molecule has 0 atom stereocenters. The lowest BCUT2D eigenvalue weighted by molar-refractivity contribution is -0.132. The number of piperidine rings is 1. The summed E-state index contributed by atoms with van der Waals surface area (Å²) in [7, 11) is 4.23. The third-order valence-electron chi connectivity index (χ3n) is 3.97. The minimum atomic E-state index is 0.242. The Morgan fingerprint density at radius 1 is 1.35 bits per heavy atom. The van der Waals surface area contributed by atoms with Crippen LogP contribution in [0.1, 0.15) is 25.7 Å². The zero-order chi connectivity index (χ0) is 14.4. The first-order valence-corrected chi connectivity index (χ1v) is 7.40. The van der Waals surface area contributed by atoms with Crippen molar-refractivity contribution in [2.24, 2.45) is 5.92 Å². The van der Waals surface area contributed by atoms with Crippen molar-refractivity contribution in [3.05, 3.63) is 12.7 Å². The summed E-state index contributed by atoms with van der Waals surface area (Å²) >= 11 is 0. The van der Waals surface area contributed by atoms with Gasteiger partial charge in [0, 0.05) is 19.5 Å². The van der Waals surface area contributed by atoms with Crippen LogP contribution in [0, 0.1) is 5.92 Å². The first-order chi connectivity index (χ1) is 9.65. The molecule has 6 nitrogen and oxygen atoms in total. The van der Waals surface area contributed by atoms with Crippen molar-refractivity contribution in [3.8, 4) is 0 Å². The first-order valence-electron chi connectivity index (χ1n) is 7.40. The van der Waals surface area contributed by atoms with Crippen LogP contribution in [0.25, 0.3) is 0 Å². The highest BCUT2D eigenvalue weighted by atomic mass is 16.2. The van der Waals surface area contributed by atoms with E-state index in [2.05, 4.69) is 29.1 Å². The zero-order valence-corrected chi connectivity index (χ0v) is 12.5. The number of rotatable bonds is 6. The molecule has 0 aliphatic carbocycles. The van der Waals surface area contributed by atoms with E-state index in [9.17, 15) is 4.79 Å². The monoisotopic (exact) mass is 279 g/mol. The highest BCUT2D eigenvalue weighted by molar-refractivity contribution is 5.76. The summed E-state index contributed by atoms with van der Waals surface area (Å²) in [4.78, 5) is 20.2. The quantitative estimate of drug-likeness (QED) is 0.775. The molecule has 6 heteroatoms. The minimum absolute atomic E-state index is 0.242. The molecule has 0 bridgehead atoms. The molecule has 20 heavy (non-hydrogen) atoms. The van der Waals surface area contributed by atoms with Crippen LogP contribution in [-0.2, 0) is 11.3 Å². The van der Waals surface area contributed by atoms with E-state index in [1.54, 1.807) is 11.0 Å². The van der Waals surface area contributed by atoms with Gasteiger partial charge in [0.2, 0.25) is 5.91 Å². The summed E-state index contributed by atoms with van der Waals surface area (Å²) in [5, 5.41) is 4.02. The molecule has 1 aromatic heterocycles. The molecular weight excluding hydrogens is 254 g/mol.